The van der Waals surface area contributed by atoms with E-state index in [2.05, 4.69) is 65.9 Å². The van der Waals surface area contributed by atoms with Gasteiger partial charge in [0.1, 0.15) is 0 Å². The van der Waals surface area contributed by atoms with E-state index in [0.29, 0.717) is 29.5 Å². The number of ether oxygens (including phenoxy) is 2. The van der Waals surface area contributed by atoms with Crippen LogP contribution in [0.25, 0.3) is 23.8 Å². The quantitative estimate of drug-likeness (QED) is 0.168. The molecule has 4 aromatic rings. The second kappa shape index (κ2) is 13.3. The maximum absolute atomic E-state index is 13.1. The molecular formula is C37H44N4O5. The number of H-pyrrole nitrogens is 4. The van der Waals surface area contributed by atoms with Crippen molar-refractivity contribution in [3.8, 4) is 0 Å². The normalized spacial score (nSPS) is 12.3. The van der Waals surface area contributed by atoms with Gasteiger partial charge in [0.2, 0.25) is 0 Å². The van der Waals surface area contributed by atoms with E-state index >= 15 is 0 Å². The van der Waals surface area contributed by atoms with E-state index in [1.165, 1.54) is 30.9 Å². The van der Waals surface area contributed by atoms with Gasteiger partial charge < -0.3 is 29.4 Å². The predicted octanol–water partition coefficient (Wildman–Crippen LogP) is 2.77. The standard InChI is InChI=1S/C37H44N4O5/c1-9-23-19(3)28-15-30-21(5)25(11-13-34(43)45-7)36(40-30)27(18-42)37-26(12-14-35(44)46-8)22(6)31(41-37)17-33-24(10-2)20(4)29(39-33)16-32(23)38-28/h15-18,38-41H,9-14H2,1-8H3. The summed E-state index contributed by atoms with van der Waals surface area (Å²) in [6, 6.07) is 0. The smallest absolute Gasteiger partial charge is 0.305 e. The molecule has 8 bridgehead atoms. The lowest BCUT2D eigenvalue weighted by atomic mass is 9.98. The van der Waals surface area contributed by atoms with Crippen molar-refractivity contribution in [3.05, 3.63) is 88.7 Å². The van der Waals surface area contributed by atoms with Gasteiger partial charge >= 0.3 is 11.9 Å². The van der Waals surface area contributed by atoms with Crippen LogP contribution in [0.3, 0.4) is 0 Å². The molecule has 0 aromatic carbocycles. The average Bonchev–Trinajstić information content (AvgIpc) is 3.72. The SMILES string of the molecule is CCc1c2[nH]c(c1C)C=c1[nH]c(c(C)c1CC)=Cc1[nH]c(c(CCC(=O)OC)c1C)C(C=O)=c1[nH]c(c(C)c1CCC(=O)OC)=C2. The average molecular weight is 625 g/mol. The van der Waals surface area contributed by atoms with Gasteiger partial charge in [-0.25, -0.2) is 0 Å². The Kier molecular flexibility index (Phi) is 9.42. The molecule has 0 spiro atoms. The van der Waals surface area contributed by atoms with Crippen molar-refractivity contribution in [2.24, 2.45) is 0 Å². The fourth-order valence-corrected chi connectivity index (χ4v) is 6.82. The minimum atomic E-state index is -0.324. The molecule has 0 aliphatic carbocycles. The first-order chi connectivity index (χ1) is 22.1. The molecule has 4 N–H and O–H groups in total. The Morgan fingerprint density at radius 3 is 1.76 bits per heavy atom. The van der Waals surface area contributed by atoms with Crippen molar-refractivity contribution in [1.82, 2.24) is 19.9 Å². The van der Waals surface area contributed by atoms with Crippen molar-refractivity contribution < 1.29 is 23.9 Å². The zero-order valence-electron chi connectivity index (χ0n) is 28.1. The third kappa shape index (κ3) is 5.82. The van der Waals surface area contributed by atoms with Crippen molar-refractivity contribution in [2.45, 2.75) is 80.1 Å². The summed E-state index contributed by atoms with van der Waals surface area (Å²) in [5, 5.41) is 3.52. The number of carbonyl (C=O) groups is 3. The molecule has 0 saturated carbocycles. The molecular weight excluding hydrogens is 580 g/mol. The molecule has 0 unspecified atom stereocenters. The van der Waals surface area contributed by atoms with E-state index in [9.17, 15) is 14.4 Å². The minimum Gasteiger partial charge on any atom is -0.469 e. The molecule has 242 valence electrons. The molecule has 0 atom stereocenters. The molecule has 5 heterocycles. The summed E-state index contributed by atoms with van der Waals surface area (Å²) >= 11 is 0. The Morgan fingerprint density at radius 1 is 0.630 bits per heavy atom. The zero-order chi connectivity index (χ0) is 33.3. The van der Waals surface area contributed by atoms with Crippen LogP contribution in [0.5, 0.6) is 0 Å². The number of hydrogen-bond donors (Lipinski definition) is 4. The van der Waals surface area contributed by atoms with Gasteiger partial charge in [-0.3, -0.25) is 14.4 Å². The Morgan fingerprint density at radius 2 is 1.15 bits per heavy atom. The van der Waals surface area contributed by atoms with E-state index in [-0.39, 0.29) is 24.8 Å². The molecule has 0 amide bonds. The van der Waals surface area contributed by atoms with Gasteiger partial charge in [-0.05, 0) is 116 Å². The molecule has 4 aromatic heterocycles. The van der Waals surface area contributed by atoms with Crippen LogP contribution in [0.4, 0.5) is 0 Å². The van der Waals surface area contributed by atoms with E-state index in [1.807, 2.05) is 13.8 Å². The highest BCUT2D eigenvalue weighted by molar-refractivity contribution is 6.06. The van der Waals surface area contributed by atoms with Gasteiger partial charge in [-0.2, -0.15) is 0 Å². The third-order valence-electron chi connectivity index (χ3n) is 9.58. The van der Waals surface area contributed by atoms with Crippen LogP contribution in [-0.4, -0.2) is 52.4 Å². The van der Waals surface area contributed by atoms with Crippen LogP contribution in [0.15, 0.2) is 0 Å². The summed E-state index contributed by atoms with van der Waals surface area (Å²) in [6.45, 7) is 12.6. The van der Waals surface area contributed by atoms with Crippen molar-refractivity contribution in [3.63, 3.8) is 0 Å². The first-order valence-corrected chi connectivity index (χ1v) is 15.9. The fourth-order valence-electron chi connectivity index (χ4n) is 6.82. The number of nitrogens with one attached hydrogen (secondary N) is 4. The monoisotopic (exact) mass is 624 g/mol. The largest absolute Gasteiger partial charge is 0.469 e. The number of methoxy groups -OCH3 is 2. The van der Waals surface area contributed by atoms with Crippen LogP contribution in [0, 0.1) is 27.7 Å². The maximum atomic E-state index is 13.1. The lowest BCUT2D eigenvalue weighted by Crippen LogP contribution is -2.19. The zero-order valence-corrected chi connectivity index (χ0v) is 28.1. The second-order valence-corrected chi connectivity index (χ2v) is 12.0. The lowest BCUT2D eigenvalue weighted by Gasteiger charge is -2.06. The Labute approximate surface area is 268 Å². The topological polar surface area (TPSA) is 133 Å². The van der Waals surface area contributed by atoms with E-state index < -0.39 is 0 Å². The molecule has 46 heavy (non-hydrogen) atoms. The van der Waals surface area contributed by atoms with E-state index in [1.54, 1.807) is 0 Å². The number of carbonyl (C=O) groups excluding carboxylic acids is 3. The van der Waals surface area contributed by atoms with Crippen LogP contribution < -0.4 is 21.4 Å². The highest BCUT2D eigenvalue weighted by Gasteiger charge is 2.22. The molecule has 9 nitrogen and oxygen atoms in total. The molecule has 0 radical (unpaired) electrons. The fraction of sp³-hybridized carbons (Fsp3) is 0.378. The molecule has 0 fully saturated rings. The molecule has 9 heteroatoms. The van der Waals surface area contributed by atoms with E-state index in [4.69, 9.17) is 9.47 Å². The van der Waals surface area contributed by atoms with E-state index in [0.717, 1.165) is 80.1 Å². The highest BCUT2D eigenvalue weighted by atomic mass is 16.5. The number of rotatable bonds is 9. The van der Waals surface area contributed by atoms with Gasteiger partial charge in [-0.15, -0.1) is 0 Å². The Balaban J connectivity index is 1.95. The maximum Gasteiger partial charge on any atom is 0.305 e. The molecule has 1 aliphatic heterocycles. The first-order valence-electron chi connectivity index (χ1n) is 15.9. The number of fused-ring (bicyclic) bond motifs is 8. The van der Waals surface area contributed by atoms with Crippen LogP contribution in [0.2, 0.25) is 0 Å². The van der Waals surface area contributed by atoms with Gasteiger partial charge in [0.25, 0.3) is 0 Å². The van der Waals surface area contributed by atoms with Gasteiger partial charge in [0, 0.05) is 46.0 Å². The van der Waals surface area contributed by atoms with Gasteiger partial charge in [0.15, 0.2) is 6.29 Å². The number of esters is 2. The highest BCUT2D eigenvalue weighted by Crippen LogP contribution is 2.26. The van der Waals surface area contributed by atoms with Crippen molar-refractivity contribution in [2.75, 3.05) is 14.2 Å². The second-order valence-electron chi connectivity index (χ2n) is 12.0. The summed E-state index contributed by atoms with van der Waals surface area (Å²) in [5.41, 5.74) is 12.4. The number of aromatic amines is 4. The van der Waals surface area contributed by atoms with Gasteiger partial charge in [0.05, 0.1) is 30.8 Å². The summed E-state index contributed by atoms with van der Waals surface area (Å²) in [6.07, 6.45) is 10.0. The third-order valence-corrected chi connectivity index (χ3v) is 9.58. The number of aromatic nitrogens is 4. The van der Waals surface area contributed by atoms with Crippen LogP contribution >= 0.6 is 0 Å². The Hall–Kier alpha value is -4.79. The van der Waals surface area contributed by atoms with Crippen LogP contribution in [-0.2, 0) is 49.5 Å². The minimum absolute atomic E-state index is 0.167. The predicted molar refractivity (Wildman–Crippen MR) is 179 cm³/mol. The summed E-state index contributed by atoms with van der Waals surface area (Å²) in [5.74, 6) is -0.649. The van der Waals surface area contributed by atoms with Crippen molar-refractivity contribution >= 4 is 42.0 Å². The number of aldehydes is 1. The molecule has 1 aliphatic rings. The summed E-state index contributed by atoms with van der Waals surface area (Å²) in [4.78, 5) is 52.1. The molecule has 0 saturated heterocycles. The lowest BCUT2D eigenvalue weighted by molar-refractivity contribution is -0.141. The number of hydrogen-bond acceptors (Lipinski definition) is 5. The molecule has 5 rings (SSSR count). The van der Waals surface area contributed by atoms with Crippen molar-refractivity contribution in [1.29, 1.82) is 0 Å². The summed E-state index contributed by atoms with van der Waals surface area (Å²) in [7, 11) is 2.75. The van der Waals surface area contributed by atoms with Crippen LogP contribution in [0.1, 0.15) is 94.0 Å². The van der Waals surface area contributed by atoms with Gasteiger partial charge in [-0.1, -0.05) is 13.8 Å². The Bertz CT molecular complexity index is 2100. The first kappa shape index (κ1) is 32.6. The summed E-state index contributed by atoms with van der Waals surface area (Å²) < 4.78 is 9.92.